The van der Waals surface area contributed by atoms with E-state index in [0.29, 0.717) is 6.42 Å². The molecule has 2 unspecified atom stereocenters. The first-order chi connectivity index (χ1) is 3.68. The molecule has 0 rings (SSSR count). The monoisotopic (exact) mass is 116 g/mol. The van der Waals surface area contributed by atoms with Gasteiger partial charge in [0.1, 0.15) is 0 Å². The molecule has 0 aliphatic rings. The quantitative estimate of drug-likeness (QED) is 0.558. The maximum atomic E-state index is 10.7. The van der Waals surface area contributed by atoms with Gasteiger partial charge in [0.25, 0.3) is 0 Å². The molecule has 0 radical (unpaired) electrons. The Bertz CT molecular complexity index is 54.5. The summed E-state index contributed by atoms with van der Waals surface area (Å²) in [6, 6.07) is -0.185. The van der Waals surface area contributed by atoms with Gasteiger partial charge in [0, 0.05) is 0 Å². The van der Waals surface area contributed by atoms with E-state index in [1.165, 1.54) is 0 Å². The van der Waals surface area contributed by atoms with Crippen LogP contribution in [0.5, 0.6) is 0 Å². The van der Waals surface area contributed by atoms with Crippen molar-refractivity contribution in [1.29, 1.82) is 0 Å². The lowest BCUT2D eigenvalue weighted by Crippen LogP contribution is -2.41. The van der Waals surface area contributed by atoms with Gasteiger partial charge in [-0.15, -0.1) is 6.10 Å². The van der Waals surface area contributed by atoms with Crippen LogP contribution in [0.15, 0.2) is 0 Å². The third-order valence-corrected chi connectivity index (χ3v) is 1.16. The average molecular weight is 116 g/mol. The summed E-state index contributed by atoms with van der Waals surface area (Å²) in [6.45, 7) is 3.75. The van der Waals surface area contributed by atoms with Crippen LogP contribution in [0.3, 0.4) is 0 Å². The van der Waals surface area contributed by atoms with Crippen LogP contribution in [0.25, 0.3) is 0 Å². The van der Waals surface area contributed by atoms with Crippen LogP contribution in [0.4, 0.5) is 0 Å². The summed E-state index contributed by atoms with van der Waals surface area (Å²) in [4.78, 5) is 0. The van der Waals surface area contributed by atoms with E-state index < -0.39 is 6.10 Å². The van der Waals surface area contributed by atoms with Gasteiger partial charge < -0.3 is 10.8 Å². The van der Waals surface area contributed by atoms with Crippen molar-refractivity contribution >= 4 is 0 Å². The minimum Gasteiger partial charge on any atom is -0.851 e. The second kappa shape index (κ2) is 3.87. The summed E-state index contributed by atoms with van der Waals surface area (Å²) < 4.78 is 0. The number of hydrogen-bond donors (Lipinski definition) is 1. The Morgan fingerprint density at radius 2 is 2.12 bits per heavy atom. The Morgan fingerprint density at radius 3 is 2.25 bits per heavy atom. The molecular weight excluding hydrogens is 102 g/mol. The topological polar surface area (TPSA) is 49.1 Å². The van der Waals surface area contributed by atoms with Crippen LogP contribution in [-0.2, 0) is 0 Å². The van der Waals surface area contributed by atoms with Crippen LogP contribution in [0.2, 0.25) is 0 Å². The van der Waals surface area contributed by atoms with Crippen LogP contribution in [0.1, 0.15) is 26.7 Å². The SMILES string of the molecule is CCCC([O-])C(C)N. The molecule has 0 saturated heterocycles. The van der Waals surface area contributed by atoms with Crippen molar-refractivity contribution in [2.24, 2.45) is 5.73 Å². The first kappa shape index (κ1) is 7.92. The zero-order valence-electron chi connectivity index (χ0n) is 5.55. The fourth-order valence-electron chi connectivity index (χ4n) is 0.547. The van der Waals surface area contributed by atoms with Crippen LogP contribution in [0, 0.1) is 0 Å². The molecule has 0 saturated carbocycles. The van der Waals surface area contributed by atoms with E-state index in [4.69, 9.17) is 5.73 Å². The van der Waals surface area contributed by atoms with Crippen molar-refractivity contribution in [2.45, 2.75) is 38.8 Å². The lowest BCUT2D eigenvalue weighted by molar-refractivity contribution is -0.425. The van der Waals surface area contributed by atoms with Gasteiger partial charge in [-0.1, -0.05) is 26.7 Å². The Labute approximate surface area is 50.7 Å². The Hall–Kier alpha value is -0.0800. The summed E-state index contributed by atoms with van der Waals surface area (Å²) in [5, 5.41) is 10.7. The average Bonchev–Trinajstić information content (AvgIpc) is 1.67. The van der Waals surface area contributed by atoms with Gasteiger partial charge in [0.2, 0.25) is 0 Å². The molecular formula is C6H14NO-. The molecule has 50 valence electrons. The fraction of sp³-hybridized carbons (Fsp3) is 1.00. The molecule has 0 aliphatic carbocycles. The van der Waals surface area contributed by atoms with Crippen LogP contribution >= 0.6 is 0 Å². The van der Waals surface area contributed by atoms with E-state index in [2.05, 4.69) is 0 Å². The summed E-state index contributed by atoms with van der Waals surface area (Å²) in [7, 11) is 0. The summed E-state index contributed by atoms with van der Waals surface area (Å²) in [6.07, 6.45) is 1.09. The molecule has 0 amide bonds. The highest BCUT2D eigenvalue weighted by Gasteiger charge is 1.96. The number of hydrogen-bond acceptors (Lipinski definition) is 2. The van der Waals surface area contributed by atoms with Gasteiger partial charge in [0.05, 0.1) is 0 Å². The molecule has 2 nitrogen and oxygen atoms in total. The molecule has 0 aliphatic heterocycles. The van der Waals surface area contributed by atoms with Crippen LogP contribution in [-0.4, -0.2) is 12.1 Å². The van der Waals surface area contributed by atoms with Crippen molar-refractivity contribution in [1.82, 2.24) is 0 Å². The Kier molecular flexibility index (Phi) is 3.83. The molecule has 0 aromatic carbocycles. The molecule has 2 heteroatoms. The van der Waals surface area contributed by atoms with E-state index >= 15 is 0 Å². The molecule has 2 N–H and O–H groups in total. The van der Waals surface area contributed by atoms with Gasteiger partial charge >= 0.3 is 0 Å². The highest BCUT2D eigenvalue weighted by atomic mass is 16.3. The minimum absolute atomic E-state index is 0.185. The molecule has 0 aromatic rings. The highest BCUT2D eigenvalue weighted by molar-refractivity contribution is 4.62. The maximum absolute atomic E-state index is 10.7. The van der Waals surface area contributed by atoms with Crippen molar-refractivity contribution in [3.05, 3.63) is 0 Å². The van der Waals surface area contributed by atoms with E-state index in [9.17, 15) is 5.11 Å². The van der Waals surface area contributed by atoms with Gasteiger partial charge in [-0.25, -0.2) is 0 Å². The lowest BCUT2D eigenvalue weighted by atomic mass is 10.1. The highest BCUT2D eigenvalue weighted by Crippen LogP contribution is 1.94. The summed E-state index contributed by atoms with van der Waals surface area (Å²) in [5.41, 5.74) is 5.31. The third kappa shape index (κ3) is 2.99. The van der Waals surface area contributed by atoms with E-state index in [-0.39, 0.29) is 6.04 Å². The van der Waals surface area contributed by atoms with Gasteiger partial charge in [-0.05, 0) is 6.04 Å². The van der Waals surface area contributed by atoms with Gasteiger partial charge in [-0.3, -0.25) is 0 Å². The smallest absolute Gasteiger partial charge is 0.0114 e. The second-order valence-corrected chi connectivity index (χ2v) is 2.19. The van der Waals surface area contributed by atoms with E-state index in [0.717, 1.165) is 6.42 Å². The lowest BCUT2D eigenvalue weighted by Gasteiger charge is -2.25. The molecule has 0 spiro atoms. The minimum atomic E-state index is -0.556. The second-order valence-electron chi connectivity index (χ2n) is 2.19. The van der Waals surface area contributed by atoms with Crippen molar-refractivity contribution < 1.29 is 5.11 Å². The number of nitrogens with two attached hydrogens (primary N) is 1. The fourth-order valence-corrected chi connectivity index (χ4v) is 0.547. The van der Waals surface area contributed by atoms with Gasteiger partial charge in [0.15, 0.2) is 0 Å². The summed E-state index contributed by atoms with van der Waals surface area (Å²) in [5.74, 6) is 0. The van der Waals surface area contributed by atoms with E-state index in [1.807, 2.05) is 6.92 Å². The maximum Gasteiger partial charge on any atom is -0.0114 e. The standard InChI is InChI=1S/C6H14NO/c1-3-4-6(8)5(2)7/h5-6H,3-4,7H2,1-2H3/q-1. The largest absolute Gasteiger partial charge is 0.851 e. The summed E-state index contributed by atoms with van der Waals surface area (Å²) >= 11 is 0. The molecule has 0 heterocycles. The number of rotatable bonds is 3. The normalized spacial score (nSPS) is 18.0. The predicted molar refractivity (Wildman–Crippen MR) is 32.3 cm³/mol. The van der Waals surface area contributed by atoms with Crippen molar-refractivity contribution in [2.75, 3.05) is 0 Å². The van der Waals surface area contributed by atoms with E-state index in [1.54, 1.807) is 6.92 Å². The Balaban J connectivity index is 3.17. The molecule has 8 heavy (non-hydrogen) atoms. The van der Waals surface area contributed by atoms with Crippen LogP contribution < -0.4 is 10.8 Å². The zero-order valence-corrected chi connectivity index (χ0v) is 5.55. The Morgan fingerprint density at radius 1 is 1.62 bits per heavy atom. The van der Waals surface area contributed by atoms with Gasteiger partial charge in [-0.2, -0.15) is 0 Å². The molecule has 0 bridgehead atoms. The predicted octanol–water partition coefficient (Wildman–Crippen LogP) is -0.137. The van der Waals surface area contributed by atoms with Crippen molar-refractivity contribution in [3.63, 3.8) is 0 Å². The molecule has 2 atom stereocenters. The van der Waals surface area contributed by atoms with Crippen molar-refractivity contribution in [3.8, 4) is 0 Å². The third-order valence-electron chi connectivity index (χ3n) is 1.16. The molecule has 0 fully saturated rings. The molecule has 0 aromatic heterocycles. The zero-order chi connectivity index (χ0) is 6.57. The first-order valence-electron chi connectivity index (χ1n) is 3.10. The first-order valence-corrected chi connectivity index (χ1v) is 3.10.